The van der Waals surface area contributed by atoms with Crippen LogP contribution in [0.4, 0.5) is 0 Å². The molecule has 2 unspecified atom stereocenters. The van der Waals surface area contributed by atoms with E-state index in [1.54, 1.807) is 0 Å². The van der Waals surface area contributed by atoms with Gasteiger partial charge in [0, 0.05) is 73.2 Å². The first-order valence-electron chi connectivity index (χ1n) is 18.4. The lowest BCUT2D eigenvalue weighted by molar-refractivity contribution is 0.363. The number of nitrogens with zero attached hydrogens (tertiary/aromatic N) is 2. The maximum atomic E-state index is 6.78. The van der Waals surface area contributed by atoms with Crippen LogP contribution in [0.3, 0.4) is 0 Å². The van der Waals surface area contributed by atoms with Gasteiger partial charge in [0.2, 0.25) is 0 Å². The maximum absolute atomic E-state index is 6.78. The minimum absolute atomic E-state index is 0.270. The number of hydrogen-bond donors (Lipinski definition) is 0. The first-order chi connectivity index (χ1) is 26.2. The van der Waals surface area contributed by atoms with Crippen LogP contribution in [0.1, 0.15) is 30.4 Å². The standard InChI is InChI=1S/C48H32N2O3/c1-5-13-41-33(9-1)35-21-19-31(27-43(35)49(41)29-17-23-47-39(25-29)37-11-3-7-15-45(37)52-47)51-32-20-22-36-34-10-2-6-14-42(34)50(44(36)28-32)30-18-24-48-40(26-30)38-12-4-8-16-46(38)53-48/h1-17,19-25,27-28,30,40H,18,26H2. The molecule has 1 aliphatic heterocycles. The molecule has 1 aliphatic carbocycles. The molecule has 0 spiro atoms. The molecular weight excluding hydrogens is 653 g/mol. The van der Waals surface area contributed by atoms with Crippen LogP contribution < -0.4 is 9.47 Å². The molecule has 2 aliphatic rings. The zero-order valence-electron chi connectivity index (χ0n) is 28.7. The smallest absolute Gasteiger partial charge is 0.135 e. The third-order valence-electron chi connectivity index (χ3n) is 11.5. The fraction of sp³-hybridized carbons (Fsp3) is 0.0833. The molecule has 0 amide bonds. The van der Waals surface area contributed by atoms with Gasteiger partial charge in [-0.1, -0.05) is 72.8 Å². The molecule has 10 aromatic rings. The second-order valence-electron chi connectivity index (χ2n) is 14.4. The van der Waals surface area contributed by atoms with E-state index in [0.717, 1.165) is 74.5 Å². The molecule has 0 saturated heterocycles. The Morgan fingerprint density at radius 3 is 2.06 bits per heavy atom. The van der Waals surface area contributed by atoms with Crippen LogP contribution in [0.5, 0.6) is 17.2 Å². The van der Waals surface area contributed by atoms with Gasteiger partial charge in [-0.25, -0.2) is 0 Å². The van der Waals surface area contributed by atoms with Crippen molar-refractivity contribution in [3.8, 4) is 22.9 Å². The Balaban J connectivity index is 0.971. The van der Waals surface area contributed by atoms with Crippen LogP contribution in [-0.4, -0.2) is 9.13 Å². The van der Waals surface area contributed by atoms with Gasteiger partial charge in [0.05, 0.1) is 16.6 Å². The Labute approximate surface area is 304 Å². The fourth-order valence-electron chi connectivity index (χ4n) is 9.19. The zero-order valence-corrected chi connectivity index (χ0v) is 28.7. The van der Waals surface area contributed by atoms with Gasteiger partial charge in [-0.15, -0.1) is 0 Å². The van der Waals surface area contributed by atoms with Gasteiger partial charge < -0.3 is 23.0 Å². The number of ether oxygens (including phenoxy) is 2. The second-order valence-corrected chi connectivity index (χ2v) is 14.4. The first-order valence-corrected chi connectivity index (χ1v) is 18.4. The molecule has 3 aromatic heterocycles. The van der Waals surface area contributed by atoms with Gasteiger partial charge in [-0.2, -0.15) is 0 Å². The van der Waals surface area contributed by atoms with E-state index in [2.05, 4.69) is 155 Å². The highest BCUT2D eigenvalue weighted by molar-refractivity contribution is 6.11. The normalized spacial score (nSPS) is 16.8. The molecule has 0 bridgehead atoms. The highest BCUT2D eigenvalue weighted by Gasteiger charge is 2.35. The number of rotatable bonds is 4. The van der Waals surface area contributed by atoms with Crippen LogP contribution in [0.15, 0.2) is 168 Å². The lowest BCUT2D eigenvalue weighted by Gasteiger charge is -2.27. The minimum Gasteiger partial charge on any atom is -0.461 e. The number of para-hydroxylation sites is 4. The number of fused-ring (bicyclic) bond motifs is 12. The number of furan rings is 1. The van der Waals surface area contributed by atoms with Crippen LogP contribution >= 0.6 is 0 Å². The van der Waals surface area contributed by atoms with Crippen LogP contribution in [0.2, 0.25) is 0 Å². The minimum atomic E-state index is 0.270. The molecule has 0 saturated carbocycles. The molecule has 0 radical (unpaired) electrons. The van der Waals surface area contributed by atoms with E-state index in [9.17, 15) is 0 Å². The Morgan fingerprint density at radius 1 is 0.528 bits per heavy atom. The van der Waals surface area contributed by atoms with E-state index in [4.69, 9.17) is 13.9 Å². The largest absolute Gasteiger partial charge is 0.461 e. The average molecular weight is 685 g/mol. The highest BCUT2D eigenvalue weighted by Crippen LogP contribution is 2.50. The van der Waals surface area contributed by atoms with Crippen molar-refractivity contribution in [1.29, 1.82) is 0 Å². The summed E-state index contributed by atoms with van der Waals surface area (Å²) in [5.41, 5.74) is 8.84. The lowest BCUT2D eigenvalue weighted by atomic mass is 9.86. The lowest BCUT2D eigenvalue weighted by Crippen LogP contribution is -2.17. The van der Waals surface area contributed by atoms with Crippen LogP contribution in [0, 0.1) is 0 Å². The molecular formula is C48H32N2O3. The predicted molar refractivity (Wildman–Crippen MR) is 214 cm³/mol. The van der Waals surface area contributed by atoms with Crippen molar-refractivity contribution in [2.45, 2.75) is 24.8 Å². The number of aromatic nitrogens is 2. The van der Waals surface area contributed by atoms with Gasteiger partial charge in [-0.3, -0.25) is 0 Å². The Morgan fingerprint density at radius 2 is 1.19 bits per heavy atom. The number of benzene rings is 7. The van der Waals surface area contributed by atoms with Crippen LogP contribution in [0.25, 0.3) is 71.2 Å². The van der Waals surface area contributed by atoms with Gasteiger partial charge in [0.25, 0.3) is 0 Å². The van der Waals surface area contributed by atoms with E-state index < -0.39 is 0 Å². The van der Waals surface area contributed by atoms with Crippen LogP contribution in [-0.2, 0) is 0 Å². The van der Waals surface area contributed by atoms with Gasteiger partial charge in [-0.05, 0) is 85.6 Å². The molecule has 5 heteroatoms. The van der Waals surface area contributed by atoms with E-state index in [-0.39, 0.29) is 12.0 Å². The van der Waals surface area contributed by atoms with Crippen molar-refractivity contribution in [2.24, 2.45) is 0 Å². The van der Waals surface area contributed by atoms with Crippen molar-refractivity contribution in [1.82, 2.24) is 9.13 Å². The van der Waals surface area contributed by atoms with Crippen molar-refractivity contribution >= 4 is 65.6 Å². The summed E-state index contributed by atoms with van der Waals surface area (Å²) >= 11 is 0. The quantitative estimate of drug-likeness (QED) is 0.185. The van der Waals surface area contributed by atoms with Gasteiger partial charge >= 0.3 is 0 Å². The molecule has 0 fully saturated rings. The summed E-state index contributed by atoms with van der Waals surface area (Å²) in [5.74, 6) is 3.97. The molecule has 7 aromatic carbocycles. The maximum Gasteiger partial charge on any atom is 0.135 e. The molecule has 0 N–H and O–H groups in total. The number of hydrogen-bond acceptors (Lipinski definition) is 3. The Hall–Kier alpha value is -6.72. The molecule has 5 nitrogen and oxygen atoms in total. The molecule has 4 heterocycles. The Bertz CT molecular complexity index is 3160. The summed E-state index contributed by atoms with van der Waals surface area (Å²) in [4.78, 5) is 0. The third kappa shape index (κ3) is 4.25. The molecule has 53 heavy (non-hydrogen) atoms. The molecule has 12 rings (SSSR count). The topological polar surface area (TPSA) is 41.5 Å². The first kappa shape index (κ1) is 28.9. The van der Waals surface area contributed by atoms with Crippen molar-refractivity contribution in [2.75, 3.05) is 0 Å². The fourth-order valence-corrected chi connectivity index (χ4v) is 9.19. The van der Waals surface area contributed by atoms with Crippen molar-refractivity contribution in [3.63, 3.8) is 0 Å². The zero-order chi connectivity index (χ0) is 34.6. The molecule has 2 atom stereocenters. The van der Waals surface area contributed by atoms with Crippen molar-refractivity contribution in [3.05, 3.63) is 169 Å². The van der Waals surface area contributed by atoms with Gasteiger partial charge in [0.15, 0.2) is 0 Å². The number of allylic oxidation sites excluding steroid dienone is 2. The third-order valence-corrected chi connectivity index (χ3v) is 11.5. The van der Waals surface area contributed by atoms with Gasteiger partial charge in [0.1, 0.15) is 34.2 Å². The van der Waals surface area contributed by atoms with E-state index in [0.29, 0.717) is 0 Å². The summed E-state index contributed by atoms with van der Waals surface area (Å²) in [5, 5.41) is 7.12. The monoisotopic (exact) mass is 684 g/mol. The SMILES string of the molecule is C1=C2Oc3ccccc3C2CC(n2c3ccccc3c3ccc(Oc4ccc5c6ccccc6n(-c6ccc7oc8ccccc8c7c6)c5c4)cc32)C1. The van der Waals surface area contributed by atoms with E-state index in [1.165, 1.54) is 38.1 Å². The van der Waals surface area contributed by atoms with E-state index >= 15 is 0 Å². The summed E-state index contributed by atoms with van der Waals surface area (Å²) in [6, 6.07) is 53.9. The molecule has 252 valence electrons. The summed E-state index contributed by atoms with van der Waals surface area (Å²) in [6.07, 6.45) is 4.21. The highest BCUT2D eigenvalue weighted by atomic mass is 16.5. The summed E-state index contributed by atoms with van der Waals surface area (Å²) in [7, 11) is 0. The average Bonchev–Trinajstić information content (AvgIpc) is 3.94. The summed E-state index contributed by atoms with van der Waals surface area (Å²) < 4.78 is 24.1. The van der Waals surface area contributed by atoms with E-state index in [1.807, 2.05) is 12.1 Å². The Kier molecular flexibility index (Phi) is 5.94. The summed E-state index contributed by atoms with van der Waals surface area (Å²) in [6.45, 7) is 0. The van der Waals surface area contributed by atoms with Crippen molar-refractivity contribution < 1.29 is 13.9 Å². The second kappa shape index (κ2) is 10.9. The predicted octanol–water partition coefficient (Wildman–Crippen LogP) is 13.0.